The van der Waals surface area contributed by atoms with Crippen LogP contribution in [0.15, 0.2) is 24.4 Å². The number of amides is 1. The summed E-state index contributed by atoms with van der Waals surface area (Å²) in [6.45, 7) is 1.74. The number of aromatic amines is 2. The molecular formula is C11H10N6O. The normalized spacial score (nSPS) is 10.7. The first-order valence-electron chi connectivity index (χ1n) is 5.36. The van der Waals surface area contributed by atoms with Crippen molar-refractivity contribution in [3.05, 3.63) is 36.0 Å². The molecule has 18 heavy (non-hydrogen) atoms. The molecule has 2 aromatic heterocycles. The smallest absolute Gasteiger partial charge is 0.295 e. The number of H-pyrrole nitrogens is 2. The molecule has 0 atom stereocenters. The minimum absolute atomic E-state index is 0.122. The van der Waals surface area contributed by atoms with E-state index in [0.717, 1.165) is 10.9 Å². The lowest BCUT2D eigenvalue weighted by Crippen LogP contribution is -2.13. The van der Waals surface area contributed by atoms with Crippen LogP contribution in [0, 0.1) is 6.92 Å². The number of hydrogen-bond acceptors (Lipinski definition) is 4. The molecule has 0 aliphatic rings. The van der Waals surface area contributed by atoms with Gasteiger partial charge in [-0.3, -0.25) is 15.0 Å². The summed E-state index contributed by atoms with van der Waals surface area (Å²) in [7, 11) is 0. The molecule has 0 radical (unpaired) electrons. The van der Waals surface area contributed by atoms with Gasteiger partial charge in [-0.15, -0.1) is 5.10 Å². The molecule has 0 saturated heterocycles. The van der Waals surface area contributed by atoms with Crippen LogP contribution in [0.4, 0.5) is 5.69 Å². The van der Waals surface area contributed by atoms with Gasteiger partial charge in [-0.1, -0.05) is 0 Å². The van der Waals surface area contributed by atoms with Crippen LogP contribution in [-0.4, -0.2) is 31.3 Å². The van der Waals surface area contributed by atoms with Gasteiger partial charge < -0.3 is 5.32 Å². The monoisotopic (exact) mass is 242 g/mol. The second-order valence-electron chi connectivity index (χ2n) is 3.87. The summed E-state index contributed by atoms with van der Waals surface area (Å²) in [5.41, 5.74) is 1.53. The molecule has 3 aromatic rings. The topological polar surface area (TPSA) is 99.3 Å². The van der Waals surface area contributed by atoms with E-state index in [1.807, 2.05) is 6.07 Å². The third-order valence-corrected chi connectivity index (χ3v) is 2.50. The Morgan fingerprint density at radius 3 is 3.00 bits per heavy atom. The van der Waals surface area contributed by atoms with Crippen LogP contribution in [0.3, 0.4) is 0 Å². The van der Waals surface area contributed by atoms with Crippen molar-refractivity contribution in [2.75, 3.05) is 5.32 Å². The van der Waals surface area contributed by atoms with Crippen molar-refractivity contribution in [3.63, 3.8) is 0 Å². The number of aromatic nitrogens is 5. The Hall–Kier alpha value is -2.70. The van der Waals surface area contributed by atoms with Gasteiger partial charge in [0, 0.05) is 11.1 Å². The predicted octanol–water partition coefficient (Wildman–Crippen LogP) is 1.24. The van der Waals surface area contributed by atoms with Crippen LogP contribution in [-0.2, 0) is 0 Å². The molecule has 3 rings (SSSR count). The van der Waals surface area contributed by atoms with Crippen molar-refractivity contribution in [2.45, 2.75) is 6.92 Å². The fourth-order valence-corrected chi connectivity index (χ4v) is 1.65. The maximum atomic E-state index is 11.8. The van der Waals surface area contributed by atoms with Crippen molar-refractivity contribution in [3.8, 4) is 0 Å². The number of carbonyl (C=O) groups is 1. The number of carbonyl (C=O) groups excluding carboxylic acids is 1. The summed E-state index contributed by atoms with van der Waals surface area (Å²) in [4.78, 5) is 15.8. The third kappa shape index (κ3) is 1.81. The van der Waals surface area contributed by atoms with Gasteiger partial charge in [0.15, 0.2) is 0 Å². The number of rotatable bonds is 2. The maximum Gasteiger partial charge on any atom is 0.295 e. The second-order valence-corrected chi connectivity index (χ2v) is 3.87. The number of anilines is 1. The molecule has 0 aliphatic heterocycles. The highest BCUT2D eigenvalue weighted by Crippen LogP contribution is 2.16. The van der Waals surface area contributed by atoms with E-state index in [4.69, 9.17) is 0 Å². The highest BCUT2D eigenvalue weighted by atomic mass is 16.2. The number of aryl methyl sites for hydroxylation is 1. The van der Waals surface area contributed by atoms with Gasteiger partial charge in [0.2, 0.25) is 5.82 Å². The van der Waals surface area contributed by atoms with E-state index in [2.05, 4.69) is 30.7 Å². The van der Waals surface area contributed by atoms with Crippen molar-refractivity contribution in [2.24, 2.45) is 0 Å². The Labute approximate surface area is 102 Å². The van der Waals surface area contributed by atoms with Crippen LogP contribution in [0.25, 0.3) is 10.9 Å². The zero-order valence-electron chi connectivity index (χ0n) is 9.56. The van der Waals surface area contributed by atoms with E-state index in [1.54, 1.807) is 25.3 Å². The molecule has 1 amide bonds. The lowest BCUT2D eigenvalue weighted by Gasteiger charge is -2.01. The number of fused-ring (bicyclic) bond motifs is 1. The highest BCUT2D eigenvalue weighted by Gasteiger charge is 2.11. The Morgan fingerprint density at radius 2 is 2.22 bits per heavy atom. The summed E-state index contributed by atoms with van der Waals surface area (Å²) in [6.07, 6.45) is 1.72. The van der Waals surface area contributed by atoms with E-state index in [1.165, 1.54) is 0 Å². The Bertz CT molecular complexity index is 713. The molecular weight excluding hydrogens is 232 g/mol. The Morgan fingerprint density at radius 1 is 1.33 bits per heavy atom. The van der Waals surface area contributed by atoms with Gasteiger partial charge >= 0.3 is 0 Å². The van der Waals surface area contributed by atoms with Crippen LogP contribution < -0.4 is 5.32 Å². The Balaban J connectivity index is 1.85. The summed E-state index contributed by atoms with van der Waals surface area (Å²) in [6, 6.07) is 5.48. The summed E-state index contributed by atoms with van der Waals surface area (Å²) in [5.74, 6) is 0.375. The predicted molar refractivity (Wildman–Crippen MR) is 65.2 cm³/mol. The first-order chi connectivity index (χ1) is 8.72. The standard InChI is InChI=1S/C11H10N6O/c1-6-13-10(17-15-6)11(18)14-8-3-2-7-5-12-16-9(7)4-8/h2-5H,1H3,(H,12,16)(H,14,18)(H,13,15,17). The molecule has 0 unspecified atom stereocenters. The van der Waals surface area contributed by atoms with Crippen LogP contribution >= 0.6 is 0 Å². The molecule has 7 heteroatoms. The summed E-state index contributed by atoms with van der Waals surface area (Å²) in [5, 5.41) is 16.9. The minimum atomic E-state index is -0.349. The molecule has 0 aliphatic carbocycles. The lowest BCUT2D eigenvalue weighted by molar-refractivity contribution is 0.101. The largest absolute Gasteiger partial charge is 0.319 e. The number of nitrogens with one attached hydrogen (secondary N) is 3. The summed E-state index contributed by atoms with van der Waals surface area (Å²) >= 11 is 0. The third-order valence-electron chi connectivity index (χ3n) is 2.50. The van der Waals surface area contributed by atoms with Gasteiger partial charge in [-0.25, -0.2) is 4.98 Å². The minimum Gasteiger partial charge on any atom is -0.319 e. The molecule has 0 fully saturated rings. The lowest BCUT2D eigenvalue weighted by atomic mass is 10.2. The van der Waals surface area contributed by atoms with Gasteiger partial charge in [0.25, 0.3) is 5.91 Å². The number of hydrogen-bond donors (Lipinski definition) is 3. The first kappa shape index (κ1) is 10.5. The zero-order valence-corrected chi connectivity index (χ0v) is 9.56. The molecule has 0 saturated carbocycles. The van der Waals surface area contributed by atoms with Crippen LogP contribution in [0.2, 0.25) is 0 Å². The van der Waals surface area contributed by atoms with Crippen LogP contribution in [0.5, 0.6) is 0 Å². The van der Waals surface area contributed by atoms with Crippen molar-refractivity contribution < 1.29 is 4.79 Å². The highest BCUT2D eigenvalue weighted by molar-refractivity contribution is 6.02. The number of nitrogens with zero attached hydrogens (tertiary/aromatic N) is 3. The van der Waals surface area contributed by atoms with E-state index in [0.29, 0.717) is 11.5 Å². The van der Waals surface area contributed by atoms with Crippen molar-refractivity contribution in [1.82, 2.24) is 25.4 Å². The maximum absolute atomic E-state index is 11.8. The van der Waals surface area contributed by atoms with Gasteiger partial charge in [0.05, 0.1) is 11.7 Å². The van der Waals surface area contributed by atoms with E-state index < -0.39 is 0 Å². The average molecular weight is 242 g/mol. The fraction of sp³-hybridized carbons (Fsp3) is 0.0909. The molecule has 0 bridgehead atoms. The van der Waals surface area contributed by atoms with Crippen molar-refractivity contribution >= 4 is 22.5 Å². The SMILES string of the molecule is Cc1nc(C(=O)Nc2ccc3cn[nH]c3c2)n[nH]1. The number of benzene rings is 1. The van der Waals surface area contributed by atoms with Gasteiger partial charge in [-0.05, 0) is 25.1 Å². The molecule has 2 heterocycles. The fourth-order valence-electron chi connectivity index (χ4n) is 1.65. The quantitative estimate of drug-likeness (QED) is 0.629. The zero-order chi connectivity index (χ0) is 12.5. The van der Waals surface area contributed by atoms with Gasteiger partial charge in [0.1, 0.15) is 5.82 Å². The molecule has 0 spiro atoms. The first-order valence-corrected chi connectivity index (χ1v) is 5.36. The molecule has 7 nitrogen and oxygen atoms in total. The van der Waals surface area contributed by atoms with E-state index in [-0.39, 0.29) is 11.7 Å². The Kier molecular flexibility index (Phi) is 2.30. The van der Waals surface area contributed by atoms with E-state index in [9.17, 15) is 4.79 Å². The second kappa shape index (κ2) is 3.95. The molecule has 3 N–H and O–H groups in total. The van der Waals surface area contributed by atoms with E-state index >= 15 is 0 Å². The molecule has 1 aromatic carbocycles. The molecule has 90 valence electrons. The average Bonchev–Trinajstić information content (AvgIpc) is 2.96. The van der Waals surface area contributed by atoms with Crippen molar-refractivity contribution in [1.29, 1.82) is 0 Å². The van der Waals surface area contributed by atoms with Crippen LogP contribution in [0.1, 0.15) is 16.4 Å². The summed E-state index contributed by atoms with van der Waals surface area (Å²) < 4.78 is 0. The van der Waals surface area contributed by atoms with Gasteiger partial charge in [-0.2, -0.15) is 5.10 Å².